The molecule has 0 heterocycles. The molecular formula is C13H15F. The van der Waals surface area contributed by atoms with Gasteiger partial charge in [-0.05, 0) is 23.1 Å². The molecule has 0 fully saturated rings. The molecule has 1 aromatic rings. The lowest BCUT2D eigenvalue weighted by Crippen LogP contribution is -2.07. The quantitative estimate of drug-likeness (QED) is 0.586. The number of hydrogen-bond donors (Lipinski definition) is 0. The Balaban J connectivity index is 3.16. The van der Waals surface area contributed by atoms with Crippen LogP contribution in [-0.4, -0.2) is 0 Å². The van der Waals surface area contributed by atoms with Crippen molar-refractivity contribution < 1.29 is 4.39 Å². The molecule has 0 aliphatic carbocycles. The molecule has 0 radical (unpaired) electrons. The SMILES string of the molecule is C=C=C(c1ccc(F)cc1)C(C)(C)C. The van der Waals surface area contributed by atoms with Crippen molar-refractivity contribution in [2.75, 3.05) is 0 Å². The van der Waals surface area contributed by atoms with E-state index in [1.165, 1.54) is 12.1 Å². The fourth-order valence-corrected chi connectivity index (χ4v) is 1.42. The molecule has 0 aliphatic rings. The summed E-state index contributed by atoms with van der Waals surface area (Å²) in [7, 11) is 0. The fourth-order valence-electron chi connectivity index (χ4n) is 1.42. The van der Waals surface area contributed by atoms with E-state index in [-0.39, 0.29) is 11.2 Å². The highest BCUT2D eigenvalue weighted by Gasteiger charge is 2.17. The van der Waals surface area contributed by atoms with Gasteiger partial charge in [0.2, 0.25) is 0 Å². The van der Waals surface area contributed by atoms with Crippen LogP contribution in [0.4, 0.5) is 4.39 Å². The summed E-state index contributed by atoms with van der Waals surface area (Å²) >= 11 is 0. The Kier molecular flexibility index (Phi) is 2.93. The predicted octanol–water partition coefficient (Wildman–Crippen LogP) is 4.04. The van der Waals surface area contributed by atoms with Crippen molar-refractivity contribution in [3.63, 3.8) is 0 Å². The Labute approximate surface area is 84.8 Å². The minimum absolute atomic E-state index is 0.0143. The van der Waals surface area contributed by atoms with Crippen LogP contribution in [0.5, 0.6) is 0 Å². The van der Waals surface area contributed by atoms with Gasteiger partial charge < -0.3 is 0 Å². The number of hydrogen-bond acceptors (Lipinski definition) is 0. The maximum atomic E-state index is 12.7. The van der Waals surface area contributed by atoms with Gasteiger partial charge in [-0.15, -0.1) is 5.73 Å². The zero-order valence-electron chi connectivity index (χ0n) is 8.89. The molecule has 0 atom stereocenters. The maximum absolute atomic E-state index is 12.7. The third-order valence-corrected chi connectivity index (χ3v) is 2.06. The average molecular weight is 190 g/mol. The second-order valence-electron chi connectivity index (χ2n) is 4.31. The van der Waals surface area contributed by atoms with Gasteiger partial charge in [-0.2, -0.15) is 0 Å². The highest BCUT2D eigenvalue weighted by Crippen LogP contribution is 2.32. The standard InChI is InChI=1S/C13H15F/c1-5-12(13(2,3)4)10-6-8-11(14)9-7-10/h6-9H,1H2,2-4H3. The van der Waals surface area contributed by atoms with Crippen LogP contribution < -0.4 is 0 Å². The number of allylic oxidation sites excluding steroid dienone is 1. The topological polar surface area (TPSA) is 0 Å². The van der Waals surface area contributed by atoms with E-state index in [0.29, 0.717) is 0 Å². The van der Waals surface area contributed by atoms with Crippen molar-refractivity contribution in [2.24, 2.45) is 5.41 Å². The minimum atomic E-state index is -0.217. The van der Waals surface area contributed by atoms with Gasteiger partial charge in [0.15, 0.2) is 0 Å². The van der Waals surface area contributed by atoms with Crippen molar-refractivity contribution in [2.45, 2.75) is 20.8 Å². The van der Waals surface area contributed by atoms with Gasteiger partial charge in [-0.3, -0.25) is 0 Å². The van der Waals surface area contributed by atoms with Crippen LogP contribution in [0.1, 0.15) is 26.3 Å². The first-order valence-corrected chi connectivity index (χ1v) is 4.61. The van der Waals surface area contributed by atoms with Crippen molar-refractivity contribution in [3.05, 3.63) is 48.0 Å². The molecule has 1 rings (SSSR count). The summed E-state index contributed by atoms with van der Waals surface area (Å²) in [6.07, 6.45) is 0. The largest absolute Gasteiger partial charge is 0.207 e. The maximum Gasteiger partial charge on any atom is 0.123 e. The van der Waals surface area contributed by atoms with Gasteiger partial charge in [0.1, 0.15) is 5.82 Å². The van der Waals surface area contributed by atoms with E-state index in [4.69, 9.17) is 0 Å². The smallest absolute Gasteiger partial charge is 0.123 e. The normalized spacial score (nSPS) is 10.9. The van der Waals surface area contributed by atoms with E-state index in [0.717, 1.165) is 11.1 Å². The second-order valence-corrected chi connectivity index (χ2v) is 4.31. The lowest BCUT2D eigenvalue weighted by molar-refractivity contribution is 0.567. The predicted molar refractivity (Wildman–Crippen MR) is 58.4 cm³/mol. The molecular weight excluding hydrogens is 175 g/mol. The molecule has 0 saturated carbocycles. The van der Waals surface area contributed by atoms with Gasteiger partial charge in [-0.25, -0.2) is 4.39 Å². The van der Waals surface area contributed by atoms with Crippen molar-refractivity contribution in [1.82, 2.24) is 0 Å². The molecule has 0 aromatic heterocycles. The van der Waals surface area contributed by atoms with Gasteiger partial charge in [0.05, 0.1) is 0 Å². The summed E-state index contributed by atoms with van der Waals surface area (Å²) in [5.74, 6) is -0.217. The lowest BCUT2D eigenvalue weighted by atomic mass is 9.83. The van der Waals surface area contributed by atoms with Gasteiger partial charge in [0, 0.05) is 5.57 Å². The average Bonchev–Trinajstić information content (AvgIpc) is 2.07. The fraction of sp³-hybridized carbons (Fsp3) is 0.308. The summed E-state index contributed by atoms with van der Waals surface area (Å²) in [5, 5.41) is 0. The van der Waals surface area contributed by atoms with Crippen LogP contribution in [-0.2, 0) is 0 Å². The third-order valence-electron chi connectivity index (χ3n) is 2.06. The van der Waals surface area contributed by atoms with Gasteiger partial charge in [0.25, 0.3) is 0 Å². The summed E-state index contributed by atoms with van der Waals surface area (Å²) in [4.78, 5) is 0. The lowest BCUT2D eigenvalue weighted by Gasteiger charge is -2.21. The molecule has 0 N–H and O–H groups in total. The number of halogens is 1. The Bertz CT molecular complexity index is 359. The summed E-state index contributed by atoms with van der Waals surface area (Å²) in [6.45, 7) is 9.93. The highest BCUT2D eigenvalue weighted by molar-refractivity contribution is 5.68. The van der Waals surface area contributed by atoms with E-state index in [1.54, 1.807) is 12.1 Å². The van der Waals surface area contributed by atoms with E-state index in [1.807, 2.05) is 0 Å². The first kappa shape index (κ1) is 10.7. The van der Waals surface area contributed by atoms with Gasteiger partial charge >= 0.3 is 0 Å². The van der Waals surface area contributed by atoms with Crippen molar-refractivity contribution >= 4 is 5.57 Å². The Morgan fingerprint density at radius 2 is 1.71 bits per heavy atom. The second kappa shape index (κ2) is 3.81. The zero-order chi connectivity index (χ0) is 10.8. The molecule has 0 aliphatic heterocycles. The molecule has 1 heteroatoms. The van der Waals surface area contributed by atoms with Crippen LogP contribution in [0.3, 0.4) is 0 Å². The molecule has 14 heavy (non-hydrogen) atoms. The molecule has 74 valence electrons. The first-order valence-electron chi connectivity index (χ1n) is 4.61. The number of rotatable bonds is 1. The molecule has 0 bridgehead atoms. The van der Waals surface area contributed by atoms with Crippen molar-refractivity contribution in [3.8, 4) is 0 Å². The van der Waals surface area contributed by atoms with Crippen LogP contribution in [0.2, 0.25) is 0 Å². The van der Waals surface area contributed by atoms with E-state index < -0.39 is 0 Å². The van der Waals surface area contributed by atoms with Crippen LogP contribution in [0.15, 0.2) is 36.6 Å². The Morgan fingerprint density at radius 3 is 2.07 bits per heavy atom. The number of benzene rings is 1. The summed E-state index contributed by atoms with van der Waals surface area (Å²) in [6, 6.07) is 6.43. The molecule has 0 unspecified atom stereocenters. The van der Waals surface area contributed by atoms with E-state index >= 15 is 0 Å². The molecule has 1 aromatic carbocycles. The monoisotopic (exact) mass is 190 g/mol. The Hall–Kier alpha value is -1.33. The first-order chi connectivity index (χ1) is 6.45. The van der Waals surface area contributed by atoms with E-state index in [9.17, 15) is 4.39 Å². The summed E-state index contributed by atoms with van der Waals surface area (Å²) < 4.78 is 12.7. The van der Waals surface area contributed by atoms with Crippen LogP contribution in [0.25, 0.3) is 5.57 Å². The zero-order valence-corrected chi connectivity index (χ0v) is 8.89. The highest BCUT2D eigenvalue weighted by atomic mass is 19.1. The molecule has 0 amide bonds. The minimum Gasteiger partial charge on any atom is -0.207 e. The Morgan fingerprint density at radius 1 is 1.21 bits per heavy atom. The van der Waals surface area contributed by atoms with Crippen LogP contribution >= 0.6 is 0 Å². The van der Waals surface area contributed by atoms with Crippen molar-refractivity contribution in [1.29, 1.82) is 0 Å². The molecule has 0 nitrogen and oxygen atoms in total. The van der Waals surface area contributed by atoms with Gasteiger partial charge in [-0.1, -0.05) is 39.5 Å². The third kappa shape index (κ3) is 2.34. The summed E-state index contributed by atoms with van der Waals surface area (Å²) in [5.41, 5.74) is 4.90. The molecule has 0 saturated heterocycles. The van der Waals surface area contributed by atoms with E-state index in [2.05, 4.69) is 33.1 Å². The molecule has 0 spiro atoms. The van der Waals surface area contributed by atoms with Crippen LogP contribution in [0, 0.1) is 11.2 Å².